The van der Waals surface area contributed by atoms with Crippen molar-refractivity contribution in [3.05, 3.63) is 43.1 Å². The van der Waals surface area contributed by atoms with Crippen LogP contribution in [-0.2, 0) is 23.9 Å². The highest BCUT2D eigenvalue weighted by atomic mass is 16.6. The first-order valence-electron chi connectivity index (χ1n) is 14.8. The van der Waals surface area contributed by atoms with Gasteiger partial charge in [0.05, 0.1) is 31.5 Å². The number of ether oxygens (including phenoxy) is 3. The van der Waals surface area contributed by atoms with Gasteiger partial charge in [0.15, 0.2) is 0 Å². The lowest BCUT2D eigenvalue weighted by Crippen LogP contribution is -2.54. The maximum absolute atomic E-state index is 14.3. The number of rotatable bonds is 10. The summed E-state index contributed by atoms with van der Waals surface area (Å²) in [5.41, 5.74) is -2.19. The van der Waals surface area contributed by atoms with Gasteiger partial charge in [-0.15, -0.1) is 6.58 Å². The van der Waals surface area contributed by atoms with Crippen molar-refractivity contribution in [2.45, 2.75) is 84.1 Å². The second-order valence-corrected chi connectivity index (χ2v) is 13.7. The third kappa shape index (κ3) is 6.97. The topological polar surface area (TPSA) is 144 Å². The van der Waals surface area contributed by atoms with Crippen LogP contribution >= 0.6 is 0 Å². The van der Waals surface area contributed by atoms with Gasteiger partial charge in [0.25, 0.3) is 0 Å². The van der Waals surface area contributed by atoms with E-state index in [1.165, 1.54) is 11.0 Å². The van der Waals surface area contributed by atoms with Gasteiger partial charge in [-0.1, -0.05) is 26.8 Å². The summed E-state index contributed by atoms with van der Waals surface area (Å²) in [4.78, 5) is 58.9. The molecule has 0 spiro atoms. The molecule has 4 rings (SSSR count). The molecule has 1 saturated carbocycles. The number of carbonyl (C=O) groups is 4. The minimum Gasteiger partial charge on any atom is -0.497 e. The lowest BCUT2D eigenvalue weighted by atomic mass is 9.77. The first-order chi connectivity index (χ1) is 20.5. The van der Waals surface area contributed by atoms with Crippen LogP contribution in [0.15, 0.2) is 43.1 Å². The Morgan fingerprint density at radius 1 is 1.18 bits per heavy atom. The lowest BCUT2D eigenvalue weighted by Gasteiger charge is -2.35. The van der Waals surface area contributed by atoms with E-state index in [0.717, 1.165) is 5.39 Å². The van der Waals surface area contributed by atoms with Crippen LogP contribution in [0.1, 0.15) is 60.8 Å². The average molecular weight is 610 g/mol. The maximum atomic E-state index is 14.3. The van der Waals surface area contributed by atoms with Gasteiger partial charge in [0.2, 0.25) is 11.8 Å². The third-order valence-corrected chi connectivity index (χ3v) is 8.21. The second kappa shape index (κ2) is 12.1. The Hall–Kier alpha value is -4.15. The summed E-state index contributed by atoms with van der Waals surface area (Å²) in [6.45, 7) is 14.6. The van der Waals surface area contributed by atoms with Crippen molar-refractivity contribution in [3.8, 4) is 11.5 Å². The first kappa shape index (κ1) is 32.8. The van der Waals surface area contributed by atoms with Crippen molar-refractivity contribution >= 4 is 34.7 Å². The van der Waals surface area contributed by atoms with Crippen molar-refractivity contribution in [1.82, 2.24) is 15.2 Å². The van der Waals surface area contributed by atoms with Gasteiger partial charge in [-0.25, -0.2) is 4.79 Å². The van der Waals surface area contributed by atoms with Gasteiger partial charge in [0, 0.05) is 30.0 Å². The summed E-state index contributed by atoms with van der Waals surface area (Å²) in [6.07, 6.45) is 2.68. The molecule has 2 aromatic rings. The molecule has 2 heterocycles. The predicted octanol–water partition coefficient (Wildman–Crippen LogP) is 4.13. The highest BCUT2D eigenvalue weighted by Crippen LogP contribution is 2.45. The molecular weight excluding hydrogens is 566 g/mol. The molecule has 1 saturated heterocycles. The minimum atomic E-state index is -1.47. The summed E-state index contributed by atoms with van der Waals surface area (Å²) in [7, 11) is 1.57. The Balaban J connectivity index is 1.65. The number of carboxylic acids is 1. The number of nitrogens with one attached hydrogen (secondary N) is 1. The summed E-state index contributed by atoms with van der Waals surface area (Å²) in [5, 5.41) is 13.3. The summed E-state index contributed by atoms with van der Waals surface area (Å²) in [6, 6.07) is 6.09. The fourth-order valence-electron chi connectivity index (χ4n) is 5.72. The number of aliphatic carboxylic acids is 1. The fraction of sp³-hybridized carbons (Fsp3) is 0.545. The van der Waals surface area contributed by atoms with Gasteiger partial charge in [-0.2, -0.15) is 0 Å². The van der Waals surface area contributed by atoms with Crippen molar-refractivity contribution in [3.63, 3.8) is 0 Å². The number of fused-ring (bicyclic) bond motifs is 1. The fourth-order valence-corrected chi connectivity index (χ4v) is 5.72. The van der Waals surface area contributed by atoms with Crippen LogP contribution in [0.3, 0.4) is 0 Å². The van der Waals surface area contributed by atoms with E-state index >= 15 is 0 Å². The summed E-state index contributed by atoms with van der Waals surface area (Å²) in [5.74, 6) is -2.74. The molecule has 0 radical (unpaired) electrons. The van der Waals surface area contributed by atoms with Crippen molar-refractivity contribution in [1.29, 1.82) is 0 Å². The smallest absolute Gasteiger partial charge is 0.330 e. The van der Waals surface area contributed by atoms with E-state index in [0.29, 0.717) is 17.0 Å². The molecular formula is C33H43N3O8. The zero-order valence-electron chi connectivity index (χ0n) is 26.5. The van der Waals surface area contributed by atoms with Gasteiger partial charge in [-0.3, -0.25) is 19.4 Å². The molecule has 11 nitrogen and oxygen atoms in total. The molecule has 0 bridgehead atoms. The minimum absolute atomic E-state index is 0.0583. The average Bonchev–Trinajstić information content (AvgIpc) is 3.49. The number of amides is 2. The summed E-state index contributed by atoms with van der Waals surface area (Å²) < 4.78 is 17.2. The van der Waals surface area contributed by atoms with E-state index in [2.05, 4.69) is 16.9 Å². The van der Waals surface area contributed by atoms with Crippen LogP contribution in [0.25, 0.3) is 10.9 Å². The Labute approximate surface area is 257 Å². The Bertz CT molecular complexity index is 1460. The Morgan fingerprint density at radius 3 is 2.45 bits per heavy atom. The number of likely N-dealkylation sites (tertiary alicyclic amines) is 1. The Kier molecular flexibility index (Phi) is 9.00. The highest BCUT2D eigenvalue weighted by molar-refractivity contribution is 5.96. The lowest BCUT2D eigenvalue weighted by molar-refractivity contribution is -0.161. The van der Waals surface area contributed by atoms with Crippen molar-refractivity contribution < 1.29 is 38.5 Å². The number of esters is 1. The second-order valence-electron chi connectivity index (χ2n) is 13.7. The SMILES string of the molecule is C=C[C@@H]1C[C@]1(NC(=O)[C@@H]1C[C@@H](Oc2ccnc3cc(OC)ccc23)CN1C(=O)[C@@H](CC(=O)OC(C)(C)C)C(C)(C)C)C(=O)O. The number of methoxy groups -OCH3 is 1. The molecule has 11 heteroatoms. The van der Waals surface area contributed by atoms with Crippen LogP contribution in [-0.4, -0.2) is 75.7 Å². The number of hydrogen-bond acceptors (Lipinski definition) is 8. The monoisotopic (exact) mass is 609 g/mol. The normalized spacial score (nSPS) is 23.9. The zero-order valence-corrected chi connectivity index (χ0v) is 26.5. The van der Waals surface area contributed by atoms with Gasteiger partial charge in [-0.05, 0) is 50.8 Å². The van der Waals surface area contributed by atoms with Crippen LogP contribution in [0, 0.1) is 17.3 Å². The van der Waals surface area contributed by atoms with Gasteiger partial charge >= 0.3 is 11.9 Å². The molecule has 1 aromatic heterocycles. The molecule has 238 valence electrons. The van der Waals surface area contributed by atoms with Crippen LogP contribution < -0.4 is 14.8 Å². The van der Waals surface area contributed by atoms with Crippen LogP contribution in [0.4, 0.5) is 0 Å². The number of benzene rings is 1. The van der Waals surface area contributed by atoms with Crippen LogP contribution in [0.5, 0.6) is 11.5 Å². The largest absolute Gasteiger partial charge is 0.497 e. The molecule has 0 unspecified atom stereocenters. The van der Waals surface area contributed by atoms with Crippen molar-refractivity contribution in [2.24, 2.45) is 17.3 Å². The summed E-state index contributed by atoms with van der Waals surface area (Å²) >= 11 is 0. The molecule has 1 aromatic carbocycles. The predicted molar refractivity (Wildman–Crippen MR) is 163 cm³/mol. The molecule has 2 fully saturated rings. The molecule has 2 amide bonds. The van der Waals surface area contributed by atoms with Gasteiger partial charge < -0.3 is 29.5 Å². The van der Waals surface area contributed by atoms with Crippen LogP contribution in [0.2, 0.25) is 0 Å². The van der Waals surface area contributed by atoms with Crippen molar-refractivity contribution in [2.75, 3.05) is 13.7 Å². The molecule has 2 N–H and O–H groups in total. The van der Waals surface area contributed by atoms with E-state index in [1.54, 1.807) is 52.3 Å². The number of carbonyl (C=O) groups excluding carboxylic acids is 3. The standard InChI is InChI=1S/C33H43N3O8/c1-9-19-17-33(19,30(40)41)35-28(38)25-15-21(43-26-12-13-34-24-14-20(42-8)10-11-22(24)26)18-36(25)29(39)23(31(2,3)4)16-27(37)44-32(5,6)7/h9-14,19,21,23,25H,1,15-18H2,2-8H3,(H,35,38)(H,40,41)/t19-,21-,23-,25+,33-/m1/s1. The maximum Gasteiger partial charge on any atom is 0.330 e. The molecule has 1 aliphatic carbocycles. The van der Waals surface area contributed by atoms with E-state index < -0.39 is 64.3 Å². The third-order valence-electron chi connectivity index (χ3n) is 8.21. The molecule has 2 aliphatic rings. The van der Waals surface area contributed by atoms with E-state index in [1.807, 2.05) is 26.8 Å². The Morgan fingerprint density at radius 2 is 1.89 bits per heavy atom. The highest BCUT2D eigenvalue weighted by Gasteiger charge is 2.61. The number of carboxylic acid groups (broad SMARTS) is 1. The number of pyridine rings is 1. The zero-order chi connectivity index (χ0) is 32.6. The first-order valence-corrected chi connectivity index (χ1v) is 14.8. The molecule has 5 atom stereocenters. The van der Waals surface area contributed by atoms with E-state index in [-0.39, 0.29) is 25.8 Å². The molecule has 44 heavy (non-hydrogen) atoms. The molecule has 1 aliphatic heterocycles. The quantitative estimate of drug-likeness (QED) is 0.300. The number of aromatic nitrogens is 1. The van der Waals surface area contributed by atoms with Gasteiger partial charge in [0.1, 0.15) is 34.8 Å². The van der Waals surface area contributed by atoms with E-state index in [4.69, 9.17) is 14.2 Å². The van der Waals surface area contributed by atoms with E-state index in [9.17, 15) is 24.3 Å². The number of nitrogens with zero attached hydrogens (tertiary/aromatic N) is 2. The number of hydrogen-bond donors (Lipinski definition) is 2.